The number of carbonyl (C=O) groups is 1. The van der Waals surface area contributed by atoms with Gasteiger partial charge in [0.1, 0.15) is 0 Å². The molecule has 0 unspecified atom stereocenters. The summed E-state index contributed by atoms with van der Waals surface area (Å²) in [6.45, 7) is 6.60. The van der Waals surface area contributed by atoms with E-state index in [1.165, 1.54) is 5.56 Å². The zero-order chi connectivity index (χ0) is 15.0. The van der Waals surface area contributed by atoms with E-state index in [0.717, 1.165) is 28.5 Å². The average Bonchev–Trinajstić information content (AvgIpc) is 2.85. The second kappa shape index (κ2) is 4.88. The maximum atomic E-state index is 11.5. The third-order valence-corrected chi connectivity index (χ3v) is 3.90. The largest absolute Gasteiger partial charge is 0.322 e. The van der Waals surface area contributed by atoms with Crippen LogP contribution in [0.3, 0.4) is 0 Å². The summed E-state index contributed by atoms with van der Waals surface area (Å²) in [6, 6.07) is 14.4. The van der Waals surface area contributed by atoms with E-state index in [0.29, 0.717) is 0 Å². The smallest absolute Gasteiger partial charge is 0.152 e. The summed E-state index contributed by atoms with van der Waals surface area (Å²) >= 11 is 0. The van der Waals surface area contributed by atoms with E-state index in [1.807, 2.05) is 35.0 Å². The molecule has 0 spiro atoms. The van der Waals surface area contributed by atoms with Gasteiger partial charge in [0.15, 0.2) is 6.29 Å². The van der Waals surface area contributed by atoms with Crippen molar-refractivity contribution in [2.45, 2.75) is 26.2 Å². The predicted octanol–water partition coefficient (Wildman–Crippen LogP) is 4.72. The van der Waals surface area contributed by atoms with E-state index in [2.05, 4.69) is 45.0 Å². The lowest BCUT2D eigenvalue weighted by Crippen LogP contribution is -2.10. The maximum Gasteiger partial charge on any atom is 0.152 e. The fourth-order valence-electron chi connectivity index (χ4n) is 2.65. The Balaban J connectivity index is 2.14. The molecule has 3 aromatic rings. The summed E-state index contributed by atoms with van der Waals surface area (Å²) in [5.74, 6) is 0. The van der Waals surface area contributed by atoms with Gasteiger partial charge in [-0.1, -0.05) is 51.1 Å². The summed E-state index contributed by atoms with van der Waals surface area (Å²) in [5.41, 5.74) is 5.19. The van der Waals surface area contributed by atoms with Crippen molar-refractivity contribution in [3.05, 3.63) is 66.0 Å². The average molecular weight is 277 g/mol. The van der Waals surface area contributed by atoms with Crippen molar-refractivity contribution in [1.82, 2.24) is 4.40 Å². The first-order chi connectivity index (χ1) is 10.0. The molecule has 0 aliphatic rings. The van der Waals surface area contributed by atoms with Gasteiger partial charge in [0, 0.05) is 23.5 Å². The summed E-state index contributed by atoms with van der Waals surface area (Å²) in [5, 5.41) is 0. The molecule has 21 heavy (non-hydrogen) atoms. The van der Waals surface area contributed by atoms with Crippen LogP contribution in [0.25, 0.3) is 16.6 Å². The third-order valence-electron chi connectivity index (χ3n) is 3.90. The fraction of sp³-hybridized carbons (Fsp3) is 0.211. The van der Waals surface area contributed by atoms with Gasteiger partial charge in [0.25, 0.3) is 0 Å². The number of carbonyl (C=O) groups excluding carboxylic acids is 1. The quantitative estimate of drug-likeness (QED) is 0.621. The molecule has 0 aliphatic carbocycles. The molecule has 0 saturated heterocycles. The van der Waals surface area contributed by atoms with E-state index in [4.69, 9.17) is 0 Å². The van der Waals surface area contributed by atoms with E-state index in [-0.39, 0.29) is 5.41 Å². The summed E-state index contributed by atoms with van der Waals surface area (Å²) in [4.78, 5) is 11.5. The lowest BCUT2D eigenvalue weighted by Gasteiger charge is -2.19. The van der Waals surface area contributed by atoms with Gasteiger partial charge in [0.05, 0.1) is 5.52 Å². The number of rotatable bonds is 2. The Morgan fingerprint density at radius 3 is 2.33 bits per heavy atom. The van der Waals surface area contributed by atoms with Gasteiger partial charge < -0.3 is 4.40 Å². The molecular weight excluding hydrogens is 258 g/mol. The van der Waals surface area contributed by atoms with Crippen molar-refractivity contribution >= 4 is 11.8 Å². The molecule has 3 rings (SSSR count). The molecule has 0 bridgehead atoms. The summed E-state index contributed by atoms with van der Waals surface area (Å²) < 4.78 is 2.00. The molecule has 2 aromatic heterocycles. The first-order valence-corrected chi connectivity index (χ1v) is 7.16. The van der Waals surface area contributed by atoms with Crippen LogP contribution in [0.5, 0.6) is 0 Å². The Morgan fingerprint density at radius 2 is 1.71 bits per heavy atom. The molecule has 2 heterocycles. The van der Waals surface area contributed by atoms with Crippen molar-refractivity contribution in [1.29, 1.82) is 0 Å². The van der Waals surface area contributed by atoms with Crippen LogP contribution in [-0.4, -0.2) is 10.7 Å². The third kappa shape index (κ3) is 2.38. The number of hydrogen-bond acceptors (Lipinski definition) is 1. The first kappa shape index (κ1) is 13.6. The highest BCUT2D eigenvalue weighted by Crippen LogP contribution is 2.30. The number of fused-ring (bicyclic) bond motifs is 1. The first-order valence-electron chi connectivity index (χ1n) is 7.16. The van der Waals surface area contributed by atoms with Crippen LogP contribution in [0.15, 0.2) is 54.9 Å². The van der Waals surface area contributed by atoms with Crippen molar-refractivity contribution in [3.63, 3.8) is 0 Å². The zero-order valence-electron chi connectivity index (χ0n) is 12.6. The molecule has 2 nitrogen and oxygen atoms in total. The molecule has 1 aromatic carbocycles. The lowest BCUT2D eigenvalue weighted by molar-refractivity contribution is 0.112. The Hall–Kier alpha value is -2.35. The van der Waals surface area contributed by atoms with Gasteiger partial charge in [-0.15, -0.1) is 0 Å². The molecule has 0 aliphatic heterocycles. The Kier molecular flexibility index (Phi) is 3.17. The van der Waals surface area contributed by atoms with E-state index in [9.17, 15) is 4.79 Å². The highest BCUT2D eigenvalue weighted by Gasteiger charge is 2.15. The number of aldehydes is 1. The number of hydrogen-bond donors (Lipinski definition) is 0. The SMILES string of the molecule is CC(C)(C)c1ccc(-c2cn3ccccc3c2C=O)cc1. The molecule has 0 radical (unpaired) electrons. The zero-order valence-corrected chi connectivity index (χ0v) is 12.6. The molecule has 2 heteroatoms. The maximum absolute atomic E-state index is 11.5. The van der Waals surface area contributed by atoms with Gasteiger partial charge in [-0.25, -0.2) is 0 Å². The summed E-state index contributed by atoms with van der Waals surface area (Å²) in [6.07, 6.45) is 4.93. The van der Waals surface area contributed by atoms with Crippen LogP contribution in [0, 0.1) is 0 Å². The molecule has 0 saturated carbocycles. The van der Waals surface area contributed by atoms with Crippen molar-refractivity contribution in [2.24, 2.45) is 0 Å². The summed E-state index contributed by atoms with van der Waals surface area (Å²) in [7, 11) is 0. The van der Waals surface area contributed by atoms with Crippen molar-refractivity contribution < 1.29 is 4.79 Å². The molecule has 0 fully saturated rings. The lowest BCUT2D eigenvalue weighted by atomic mass is 9.86. The fourth-order valence-corrected chi connectivity index (χ4v) is 2.65. The van der Waals surface area contributed by atoms with Crippen LogP contribution in [0.1, 0.15) is 36.7 Å². The number of nitrogens with zero attached hydrogens (tertiary/aromatic N) is 1. The second-order valence-corrected chi connectivity index (χ2v) is 6.39. The normalized spacial score (nSPS) is 11.8. The van der Waals surface area contributed by atoms with Gasteiger partial charge in [-0.3, -0.25) is 4.79 Å². The number of pyridine rings is 1. The van der Waals surface area contributed by atoms with E-state index < -0.39 is 0 Å². The monoisotopic (exact) mass is 277 g/mol. The topological polar surface area (TPSA) is 21.5 Å². The Morgan fingerprint density at radius 1 is 1.00 bits per heavy atom. The van der Waals surface area contributed by atoms with Crippen LogP contribution in [-0.2, 0) is 5.41 Å². The van der Waals surface area contributed by atoms with Crippen molar-refractivity contribution in [2.75, 3.05) is 0 Å². The van der Waals surface area contributed by atoms with Gasteiger partial charge in [-0.05, 0) is 28.7 Å². The molecule has 0 atom stereocenters. The molecular formula is C19H19NO. The molecule has 106 valence electrons. The minimum atomic E-state index is 0.136. The van der Waals surface area contributed by atoms with E-state index in [1.54, 1.807) is 0 Å². The highest BCUT2D eigenvalue weighted by molar-refractivity contribution is 5.96. The predicted molar refractivity (Wildman–Crippen MR) is 86.9 cm³/mol. The minimum Gasteiger partial charge on any atom is -0.322 e. The number of aromatic nitrogens is 1. The van der Waals surface area contributed by atoms with Crippen LogP contribution in [0.2, 0.25) is 0 Å². The Labute approximate surface area is 125 Å². The van der Waals surface area contributed by atoms with Gasteiger partial charge >= 0.3 is 0 Å². The number of benzene rings is 1. The molecule has 0 amide bonds. The van der Waals surface area contributed by atoms with Crippen LogP contribution in [0.4, 0.5) is 0 Å². The highest BCUT2D eigenvalue weighted by atomic mass is 16.1. The Bertz CT molecular complexity index is 789. The van der Waals surface area contributed by atoms with Crippen molar-refractivity contribution in [3.8, 4) is 11.1 Å². The van der Waals surface area contributed by atoms with Crippen LogP contribution < -0.4 is 0 Å². The second-order valence-electron chi connectivity index (χ2n) is 6.39. The minimum absolute atomic E-state index is 0.136. The van der Waals surface area contributed by atoms with Gasteiger partial charge in [-0.2, -0.15) is 0 Å². The van der Waals surface area contributed by atoms with Gasteiger partial charge in [0.2, 0.25) is 0 Å². The molecule has 0 N–H and O–H groups in total. The standard InChI is InChI=1S/C19H19NO/c1-19(2,3)15-9-7-14(8-10-15)16-12-20-11-5-4-6-18(20)17(16)13-21/h4-13H,1-3H3. The van der Waals surface area contributed by atoms with E-state index >= 15 is 0 Å². The van der Waals surface area contributed by atoms with Crippen LogP contribution >= 0.6 is 0 Å².